The molecule has 0 amide bonds. The lowest BCUT2D eigenvalue weighted by atomic mass is 10.0. The molecule has 0 fully saturated rings. The van der Waals surface area contributed by atoms with Gasteiger partial charge >= 0.3 is 5.63 Å². The maximum Gasteiger partial charge on any atom is 0.347 e. The van der Waals surface area contributed by atoms with Crippen LogP contribution in [0.1, 0.15) is 36.2 Å². The van der Waals surface area contributed by atoms with Gasteiger partial charge in [0.2, 0.25) is 0 Å². The number of hydrogen-bond acceptors (Lipinski definition) is 4. The number of hydrogen-bond donors (Lipinski definition) is 0. The SMILES string of the molecule is CCC(C)SC1C=CC=c2cc(C(=O)c3ccccc3)c(=O)oc2=C1. The van der Waals surface area contributed by atoms with Crippen molar-refractivity contribution in [1.29, 1.82) is 0 Å². The van der Waals surface area contributed by atoms with Gasteiger partial charge in [0, 0.05) is 21.3 Å². The van der Waals surface area contributed by atoms with Crippen molar-refractivity contribution in [3.63, 3.8) is 0 Å². The molecule has 1 heterocycles. The first kappa shape index (κ1) is 17.5. The van der Waals surface area contributed by atoms with Crippen LogP contribution in [0, 0.1) is 0 Å². The molecule has 1 aromatic carbocycles. The van der Waals surface area contributed by atoms with Crippen molar-refractivity contribution in [3.05, 3.63) is 80.7 Å². The summed E-state index contributed by atoms with van der Waals surface area (Å²) in [5.74, 6) is -0.315. The smallest absolute Gasteiger partial charge is 0.347 e. The Labute approximate surface area is 150 Å². The van der Waals surface area contributed by atoms with Gasteiger partial charge in [-0.2, -0.15) is 0 Å². The van der Waals surface area contributed by atoms with E-state index >= 15 is 0 Å². The summed E-state index contributed by atoms with van der Waals surface area (Å²) in [4.78, 5) is 24.9. The summed E-state index contributed by atoms with van der Waals surface area (Å²) in [5, 5.41) is 1.41. The summed E-state index contributed by atoms with van der Waals surface area (Å²) >= 11 is 1.82. The fourth-order valence-electron chi connectivity index (χ4n) is 2.59. The molecule has 2 unspecified atom stereocenters. The number of carbonyl (C=O) groups excluding carboxylic acids is 1. The normalized spacial score (nSPS) is 17.0. The maximum atomic E-state index is 12.6. The standard InChI is InChI=1S/C21H20O3S/c1-3-14(2)25-17-11-7-10-16-12-18(21(23)24-19(16)13-17)20(22)15-8-5-4-6-9-15/h4-14,17H,3H2,1-2H3. The van der Waals surface area contributed by atoms with Gasteiger partial charge in [0.25, 0.3) is 0 Å². The second-order valence-corrected chi connectivity index (χ2v) is 7.62. The molecule has 0 aliphatic heterocycles. The van der Waals surface area contributed by atoms with Crippen molar-refractivity contribution in [1.82, 2.24) is 0 Å². The van der Waals surface area contributed by atoms with Crippen LogP contribution < -0.4 is 16.3 Å². The molecule has 3 rings (SSSR count). The summed E-state index contributed by atoms with van der Waals surface area (Å²) in [5.41, 5.74) is 0.482. The topological polar surface area (TPSA) is 47.3 Å². The molecule has 1 aliphatic rings. The van der Waals surface area contributed by atoms with Crippen LogP contribution in [-0.4, -0.2) is 16.3 Å². The highest BCUT2D eigenvalue weighted by molar-refractivity contribution is 8.01. The summed E-state index contributed by atoms with van der Waals surface area (Å²) in [7, 11) is 0. The molecule has 0 radical (unpaired) electrons. The first-order valence-corrected chi connectivity index (χ1v) is 9.32. The Morgan fingerprint density at radius 2 is 2.04 bits per heavy atom. The average Bonchev–Trinajstić information content (AvgIpc) is 2.82. The van der Waals surface area contributed by atoms with E-state index in [-0.39, 0.29) is 16.6 Å². The lowest BCUT2D eigenvalue weighted by molar-refractivity contribution is 0.103. The van der Waals surface area contributed by atoms with E-state index in [1.54, 1.807) is 30.3 Å². The van der Waals surface area contributed by atoms with Gasteiger partial charge in [0.05, 0.1) is 0 Å². The van der Waals surface area contributed by atoms with E-state index in [4.69, 9.17) is 4.42 Å². The third kappa shape index (κ3) is 4.02. The first-order chi connectivity index (χ1) is 12.1. The predicted octanol–water partition coefficient (Wildman–Crippen LogP) is 2.90. The molecule has 3 nitrogen and oxygen atoms in total. The van der Waals surface area contributed by atoms with E-state index in [9.17, 15) is 9.59 Å². The molecule has 0 bridgehead atoms. The first-order valence-electron chi connectivity index (χ1n) is 8.38. The minimum absolute atomic E-state index is 0.0658. The molecule has 1 aromatic heterocycles. The molecular formula is C21H20O3S. The molecule has 2 atom stereocenters. The summed E-state index contributed by atoms with van der Waals surface area (Å²) in [6.07, 6.45) is 8.95. The van der Waals surface area contributed by atoms with Crippen LogP contribution in [0.15, 0.2) is 57.8 Å². The van der Waals surface area contributed by atoms with Gasteiger partial charge in [-0.1, -0.05) is 62.4 Å². The number of fused-ring (bicyclic) bond motifs is 1. The Kier molecular flexibility index (Phi) is 5.39. The van der Waals surface area contributed by atoms with E-state index in [2.05, 4.69) is 19.9 Å². The van der Waals surface area contributed by atoms with Crippen molar-refractivity contribution >= 4 is 29.7 Å². The Morgan fingerprint density at radius 3 is 2.76 bits per heavy atom. The van der Waals surface area contributed by atoms with E-state index in [1.165, 1.54) is 0 Å². The third-order valence-corrected chi connectivity index (χ3v) is 5.55. The van der Waals surface area contributed by atoms with Crippen molar-refractivity contribution in [2.75, 3.05) is 0 Å². The lowest BCUT2D eigenvalue weighted by Gasteiger charge is -2.12. The van der Waals surface area contributed by atoms with Gasteiger partial charge in [-0.15, -0.1) is 11.8 Å². The van der Waals surface area contributed by atoms with Crippen LogP contribution in [0.25, 0.3) is 12.2 Å². The number of allylic oxidation sites excluding steroid dienone is 1. The lowest BCUT2D eigenvalue weighted by Crippen LogP contribution is -2.33. The Bertz CT molecular complexity index is 970. The Hall–Kier alpha value is -2.33. The average molecular weight is 352 g/mol. The van der Waals surface area contributed by atoms with Crippen LogP contribution >= 0.6 is 11.8 Å². The van der Waals surface area contributed by atoms with E-state index in [0.29, 0.717) is 16.2 Å². The minimum Gasteiger partial charge on any atom is -0.422 e. The molecule has 1 aliphatic carbocycles. The molecule has 4 heteroatoms. The Morgan fingerprint density at radius 1 is 1.28 bits per heavy atom. The number of ketones is 1. The van der Waals surface area contributed by atoms with Crippen molar-refractivity contribution in [2.45, 2.75) is 30.8 Å². The van der Waals surface area contributed by atoms with Gasteiger partial charge in [0.1, 0.15) is 11.0 Å². The fourth-order valence-corrected chi connectivity index (χ4v) is 3.70. The summed E-state index contributed by atoms with van der Waals surface area (Å²) < 4.78 is 5.48. The molecule has 0 N–H and O–H groups in total. The number of rotatable bonds is 5. The fraction of sp³-hybridized carbons (Fsp3) is 0.238. The number of thioether (sulfide) groups is 1. The van der Waals surface area contributed by atoms with E-state index < -0.39 is 5.63 Å². The van der Waals surface area contributed by atoms with Gasteiger partial charge in [-0.05, 0) is 18.6 Å². The highest BCUT2D eigenvalue weighted by atomic mass is 32.2. The zero-order valence-corrected chi connectivity index (χ0v) is 15.1. The molecule has 0 saturated carbocycles. The molecular weight excluding hydrogens is 332 g/mol. The zero-order valence-electron chi connectivity index (χ0n) is 14.3. The van der Waals surface area contributed by atoms with Crippen LogP contribution in [0.3, 0.4) is 0 Å². The molecule has 128 valence electrons. The van der Waals surface area contributed by atoms with Gasteiger partial charge < -0.3 is 4.42 Å². The molecule has 0 saturated heterocycles. The van der Waals surface area contributed by atoms with Crippen molar-refractivity contribution in [2.24, 2.45) is 0 Å². The van der Waals surface area contributed by atoms with Gasteiger partial charge in [-0.25, -0.2) is 4.79 Å². The van der Waals surface area contributed by atoms with Gasteiger partial charge in [0.15, 0.2) is 5.78 Å². The van der Waals surface area contributed by atoms with E-state index in [0.717, 1.165) is 11.6 Å². The maximum absolute atomic E-state index is 12.6. The summed E-state index contributed by atoms with van der Waals surface area (Å²) in [6.45, 7) is 4.33. The highest BCUT2D eigenvalue weighted by Gasteiger charge is 2.16. The van der Waals surface area contributed by atoms with Crippen LogP contribution in [0.4, 0.5) is 0 Å². The molecule has 0 spiro atoms. The van der Waals surface area contributed by atoms with Crippen molar-refractivity contribution in [3.8, 4) is 0 Å². The van der Waals surface area contributed by atoms with Crippen LogP contribution in [0.2, 0.25) is 0 Å². The second-order valence-electron chi connectivity index (χ2n) is 6.00. The number of carbonyl (C=O) groups is 1. The highest BCUT2D eigenvalue weighted by Crippen LogP contribution is 2.22. The number of benzene rings is 1. The monoisotopic (exact) mass is 352 g/mol. The zero-order chi connectivity index (χ0) is 17.8. The van der Waals surface area contributed by atoms with E-state index in [1.807, 2.05) is 36.1 Å². The largest absolute Gasteiger partial charge is 0.422 e. The van der Waals surface area contributed by atoms with Crippen LogP contribution in [0.5, 0.6) is 0 Å². The van der Waals surface area contributed by atoms with Crippen LogP contribution in [-0.2, 0) is 0 Å². The quantitative estimate of drug-likeness (QED) is 0.777. The van der Waals surface area contributed by atoms with Gasteiger partial charge in [-0.3, -0.25) is 4.79 Å². The predicted molar refractivity (Wildman–Crippen MR) is 103 cm³/mol. The van der Waals surface area contributed by atoms with Crippen molar-refractivity contribution < 1.29 is 9.21 Å². The minimum atomic E-state index is -0.591. The molecule has 25 heavy (non-hydrogen) atoms. The summed E-state index contributed by atoms with van der Waals surface area (Å²) in [6, 6.07) is 10.4. The second kappa shape index (κ2) is 7.70. The Balaban J connectivity index is 2.03. The third-order valence-electron chi connectivity index (χ3n) is 4.14. The molecule has 2 aromatic rings.